The van der Waals surface area contributed by atoms with Gasteiger partial charge in [-0.25, -0.2) is 0 Å². The van der Waals surface area contributed by atoms with E-state index in [-0.39, 0.29) is 35.9 Å². The fraction of sp³-hybridized carbons (Fsp3) is 0.857. The molecule has 3 rings (SSSR count). The van der Waals surface area contributed by atoms with Crippen LogP contribution in [-0.2, 0) is 0 Å². The molecule has 2 heteroatoms. The van der Waals surface area contributed by atoms with Crippen LogP contribution in [0.25, 0.3) is 0 Å². The van der Waals surface area contributed by atoms with Crippen LogP contribution in [0.5, 0.6) is 0 Å². The molecule has 0 aromatic rings. The van der Waals surface area contributed by atoms with Gasteiger partial charge in [0.1, 0.15) is 0 Å². The molecule has 0 amide bonds. The number of hydrogen-bond donors (Lipinski definition) is 2. The summed E-state index contributed by atoms with van der Waals surface area (Å²) in [5, 5.41) is 19.3. The third-order valence-corrected chi connectivity index (χ3v) is 5.36. The predicted molar refractivity (Wildman–Crippen MR) is 64.9 cm³/mol. The van der Waals surface area contributed by atoms with Gasteiger partial charge in [-0.3, -0.25) is 0 Å². The lowest BCUT2D eigenvalue weighted by Crippen LogP contribution is -2.54. The molecule has 3 aliphatic carbocycles. The Morgan fingerprint density at radius 3 is 2.12 bits per heavy atom. The lowest BCUT2D eigenvalue weighted by atomic mass is 9.46. The maximum Gasteiger partial charge on any atom is 0.0471 e. The third kappa shape index (κ3) is 1.39. The first-order valence-corrected chi connectivity index (χ1v) is 6.42. The highest BCUT2D eigenvalue weighted by atomic mass is 16.3. The standard InChI is InChI=1S/C14H24O2/c1-10(2)14-6-4-13(3,5-7-14)11(8-15)12(14)9-16/h4,6,10-12,15-16H,5,7-9H2,1-3H3. The smallest absolute Gasteiger partial charge is 0.0471 e. The minimum atomic E-state index is 0.0960. The molecule has 4 atom stereocenters. The summed E-state index contributed by atoms with van der Waals surface area (Å²) >= 11 is 0. The Morgan fingerprint density at radius 2 is 1.75 bits per heavy atom. The highest BCUT2D eigenvalue weighted by Gasteiger charge is 2.55. The van der Waals surface area contributed by atoms with Crippen molar-refractivity contribution in [1.29, 1.82) is 0 Å². The van der Waals surface area contributed by atoms with Crippen molar-refractivity contribution in [3.8, 4) is 0 Å². The summed E-state index contributed by atoms with van der Waals surface area (Å²) in [5.41, 5.74) is 0.207. The molecule has 0 aromatic heterocycles. The highest BCUT2D eigenvalue weighted by molar-refractivity contribution is 5.22. The number of aliphatic hydroxyl groups is 2. The zero-order valence-corrected chi connectivity index (χ0v) is 10.6. The van der Waals surface area contributed by atoms with Gasteiger partial charge in [0.25, 0.3) is 0 Å². The number of aliphatic hydroxyl groups excluding tert-OH is 2. The SMILES string of the molecule is CC(C)C12C=CC(C)(CC1)C(CO)C2CO. The molecular formula is C14H24O2. The molecule has 92 valence electrons. The summed E-state index contributed by atoms with van der Waals surface area (Å²) in [6.07, 6.45) is 6.92. The van der Waals surface area contributed by atoms with Gasteiger partial charge in [0.05, 0.1) is 0 Å². The largest absolute Gasteiger partial charge is 0.396 e. The second kappa shape index (κ2) is 3.85. The van der Waals surface area contributed by atoms with Crippen LogP contribution in [-0.4, -0.2) is 23.4 Å². The van der Waals surface area contributed by atoms with Gasteiger partial charge in [-0.15, -0.1) is 0 Å². The van der Waals surface area contributed by atoms with Gasteiger partial charge in [-0.1, -0.05) is 32.9 Å². The van der Waals surface area contributed by atoms with Gasteiger partial charge in [-0.2, -0.15) is 0 Å². The summed E-state index contributed by atoms with van der Waals surface area (Å²) in [6.45, 7) is 7.07. The van der Waals surface area contributed by atoms with E-state index in [1.54, 1.807) is 0 Å². The molecule has 2 bridgehead atoms. The van der Waals surface area contributed by atoms with E-state index < -0.39 is 0 Å². The molecule has 0 aliphatic heterocycles. The van der Waals surface area contributed by atoms with Crippen LogP contribution in [0, 0.1) is 28.6 Å². The van der Waals surface area contributed by atoms with Crippen molar-refractivity contribution in [1.82, 2.24) is 0 Å². The highest BCUT2D eigenvalue weighted by Crippen LogP contribution is 2.61. The van der Waals surface area contributed by atoms with Gasteiger partial charge < -0.3 is 10.2 Å². The van der Waals surface area contributed by atoms with Crippen molar-refractivity contribution < 1.29 is 10.2 Å². The second-order valence-corrected chi connectivity index (χ2v) is 6.18. The molecule has 2 nitrogen and oxygen atoms in total. The summed E-state index contributed by atoms with van der Waals surface area (Å²) < 4.78 is 0. The van der Waals surface area contributed by atoms with Crippen molar-refractivity contribution in [2.75, 3.05) is 13.2 Å². The van der Waals surface area contributed by atoms with Crippen molar-refractivity contribution in [2.45, 2.75) is 33.6 Å². The number of rotatable bonds is 3. The Balaban J connectivity index is 2.44. The molecule has 2 N–H and O–H groups in total. The predicted octanol–water partition coefficient (Wildman–Crippen LogP) is 2.22. The lowest BCUT2D eigenvalue weighted by Gasteiger charge is -2.59. The van der Waals surface area contributed by atoms with E-state index in [0.29, 0.717) is 5.92 Å². The minimum Gasteiger partial charge on any atom is -0.396 e. The zero-order chi connectivity index (χ0) is 12.0. The maximum atomic E-state index is 9.70. The van der Waals surface area contributed by atoms with Crippen LogP contribution in [0.3, 0.4) is 0 Å². The van der Waals surface area contributed by atoms with Gasteiger partial charge in [0, 0.05) is 13.2 Å². The second-order valence-electron chi connectivity index (χ2n) is 6.18. The quantitative estimate of drug-likeness (QED) is 0.722. The van der Waals surface area contributed by atoms with Crippen LogP contribution in [0.15, 0.2) is 12.2 Å². The van der Waals surface area contributed by atoms with Gasteiger partial charge in [0.15, 0.2) is 0 Å². The van der Waals surface area contributed by atoms with E-state index in [1.165, 1.54) is 0 Å². The first-order valence-electron chi connectivity index (χ1n) is 6.42. The summed E-state index contributed by atoms with van der Waals surface area (Å²) in [6, 6.07) is 0. The molecule has 0 aromatic carbocycles. The number of hydrogen-bond acceptors (Lipinski definition) is 2. The molecule has 0 spiro atoms. The maximum absolute atomic E-state index is 9.70. The molecule has 0 heterocycles. The van der Waals surface area contributed by atoms with Crippen molar-refractivity contribution in [3.63, 3.8) is 0 Å². The average molecular weight is 224 g/mol. The van der Waals surface area contributed by atoms with Crippen molar-refractivity contribution in [2.24, 2.45) is 28.6 Å². The fourth-order valence-electron chi connectivity index (χ4n) is 3.99. The zero-order valence-electron chi connectivity index (χ0n) is 10.6. The van der Waals surface area contributed by atoms with Crippen molar-refractivity contribution >= 4 is 0 Å². The Labute approximate surface area is 98.4 Å². The van der Waals surface area contributed by atoms with Crippen LogP contribution in [0.1, 0.15) is 33.6 Å². The van der Waals surface area contributed by atoms with Crippen molar-refractivity contribution in [3.05, 3.63) is 12.2 Å². The van der Waals surface area contributed by atoms with E-state index in [1.807, 2.05) is 0 Å². The monoisotopic (exact) mass is 224 g/mol. The molecule has 16 heavy (non-hydrogen) atoms. The molecule has 4 unspecified atom stereocenters. The number of fused-ring (bicyclic) bond motifs is 2. The van der Waals surface area contributed by atoms with Gasteiger partial charge in [0.2, 0.25) is 0 Å². The topological polar surface area (TPSA) is 40.5 Å². The van der Waals surface area contributed by atoms with Crippen LogP contribution < -0.4 is 0 Å². The summed E-state index contributed by atoms with van der Waals surface area (Å²) in [5.74, 6) is 0.972. The molecule has 0 radical (unpaired) electrons. The minimum absolute atomic E-state index is 0.0960. The van der Waals surface area contributed by atoms with E-state index in [2.05, 4.69) is 32.9 Å². The fourth-order valence-corrected chi connectivity index (χ4v) is 3.99. The Bertz CT molecular complexity index is 297. The van der Waals surface area contributed by atoms with Gasteiger partial charge in [-0.05, 0) is 41.4 Å². The summed E-state index contributed by atoms with van der Waals surface area (Å²) in [7, 11) is 0. The third-order valence-electron chi connectivity index (χ3n) is 5.36. The average Bonchev–Trinajstić information content (AvgIpc) is 2.27. The summed E-state index contributed by atoms with van der Waals surface area (Å²) in [4.78, 5) is 0. The Morgan fingerprint density at radius 1 is 1.12 bits per heavy atom. The molecule has 0 saturated heterocycles. The number of allylic oxidation sites excluding steroid dienone is 2. The van der Waals surface area contributed by atoms with Crippen LogP contribution >= 0.6 is 0 Å². The van der Waals surface area contributed by atoms with E-state index in [0.717, 1.165) is 12.8 Å². The normalized spacial score (nSPS) is 46.6. The van der Waals surface area contributed by atoms with E-state index in [9.17, 15) is 10.2 Å². The molecule has 3 aliphatic rings. The molecular weight excluding hydrogens is 200 g/mol. The first kappa shape index (κ1) is 12.1. The first-order chi connectivity index (χ1) is 7.50. The van der Waals surface area contributed by atoms with Crippen LogP contribution in [0.4, 0.5) is 0 Å². The Kier molecular flexibility index (Phi) is 2.92. The van der Waals surface area contributed by atoms with Crippen LogP contribution in [0.2, 0.25) is 0 Å². The lowest BCUT2D eigenvalue weighted by molar-refractivity contribution is -0.0851. The van der Waals surface area contributed by atoms with E-state index >= 15 is 0 Å². The Hall–Kier alpha value is -0.340. The molecule has 1 fully saturated rings. The van der Waals surface area contributed by atoms with E-state index in [4.69, 9.17) is 0 Å². The van der Waals surface area contributed by atoms with Gasteiger partial charge >= 0.3 is 0 Å². The molecule has 1 saturated carbocycles.